The van der Waals surface area contributed by atoms with Crippen LogP contribution in [-0.4, -0.2) is 41.0 Å². The first kappa shape index (κ1) is 16.2. The van der Waals surface area contributed by atoms with E-state index in [4.69, 9.17) is 0 Å². The molecule has 3 aromatic rings. The van der Waals surface area contributed by atoms with Crippen LogP contribution in [0.25, 0.3) is 11.0 Å². The van der Waals surface area contributed by atoms with E-state index in [0.717, 1.165) is 29.7 Å². The van der Waals surface area contributed by atoms with Crippen LogP contribution in [0.5, 0.6) is 0 Å². The second kappa shape index (κ2) is 6.84. The molecule has 0 saturated heterocycles. The first-order valence-corrected chi connectivity index (χ1v) is 8.02. The number of anilines is 1. The average molecular weight is 322 g/mol. The number of hydrogen-bond acceptors (Lipinski definition) is 3. The number of likely N-dealkylation sites (N-methyl/N-ethyl adjacent to an activating group) is 1. The number of fused-ring (bicyclic) bond motifs is 1. The topological polar surface area (TPSA) is 50.2 Å². The minimum Gasteiger partial charge on any atom is -0.309 e. The third kappa shape index (κ3) is 3.46. The van der Waals surface area contributed by atoms with Crippen LogP contribution in [0.15, 0.2) is 48.5 Å². The van der Waals surface area contributed by atoms with Gasteiger partial charge in [-0.3, -0.25) is 10.1 Å². The lowest BCUT2D eigenvalue weighted by atomic mass is 10.1. The number of nitrogens with zero attached hydrogens (tertiary/aromatic N) is 3. The number of imidazole rings is 1. The van der Waals surface area contributed by atoms with E-state index < -0.39 is 0 Å². The third-order valence-corrected chi connectivity index (χ3v) is 3.96. The van der Waals surface area contributed by atoms with E-state index in [1.807, 2.05) is 69.6 Å². The molecule has 0 aliphatic heterocycles. The molecule has 0 radical (unpaired) electrons. The summed E-state index contributed by atoms with van der Waals surface area (Å²) in [5.41, 5.74) is 3.67. The number of carbonyl (C=O) groups excluding carboxylic acids is 1. The lowest BCUT2D eigenvalue weighted by molar-refractivity contribution is 0.102. The fourth-order valence-electron chi connectivity index (χ4n) is 2.58. The van der Waals surface area contributed by atoms with Crippen molar-refractivity contribution in [3.05, 3.63) is 59.7 Å². The Kier molecular flexibility index (Phi) is 4.62. The zero-order valence-electron chi connectivity index (χ0n) is 14.3. The number of rotatable bonds is 5. The van der Waals surface area contributed by atoms with Crippen molar-refractivity contribution in [3.63, 3.8) is 0 Å². The van der Waals surface area contributed by atoms with Gasteiger partial charge in [-0.15, -0.1) is 0 Å². The van der Waals surface area contributed by atoms with E-state index in [1.165, 1.54) is 0 Å². The van der Waals surface area contributed by atoms with Gasteiger partial charge in [-0.2, -0.15) is 0 Å². The van der Waals surface area contributed by atoms with Crippen molar-refractivity contribution in [3.8, 4) is 0 Å². The number of nitrogens with one attached hydrogen (secondary N) is 1. The first-order valence-electron chi connectivity index (χ1n) is 8.02. The maximum atomic E-state index is 12.5. The zero-order chi connectivity index (χ0) is 17.1. The molecule has 0 fully saturated rings. The van der Waals surface area contributed by atoms with Gasteiger partial charge >= 0.3 is 0 Å². The van der Waals surface area contributed by atoms with Gasteiger partial charge in [0.05, 0.1) is 11.0 Å². The third-order valence-electron chi connectivity index (χ3n) is 3.96. The van der Waals surface area contributed by atoms with E-state index in [-0.39, 0.29) is 5.91 Å². The number of hydrogen-bond donors (Lipinski definition) is 1. The van der Waals surface area contributed by atoms with Crippen LogP contribution in [0, 0.1) is 6.92 Å². The molecule has 0 unspecified atom stereocenters. The van der Waals surface area contributed by atoms with Crippen molar-refractivity contribution >= 4 is 22.9 Å². The van der Waals surface area contributed by atoms with Gasteiger partial charge in [0.2, 0.25) is 5.95 Å². The summed E-state index contributed by atoms with van der Waals surface area (Å²) in [6, 6.07) is 15.5. The molecule has 1 heterocycles. The van der Waals surface area contributed by atoms with Gasteiger partial charge in [-0.05, 0) is 45.3 Å². The summed E-state index contributed by atoms with van der Waals surface area (Å²) in [6.07, 6.45) is 0. The van der Waals surface area contributed by atoms with Crippen LogP contribution in [0.2, 0.25) is 0 Å². The molecule has 0 atom stereocenters. The summed E-state index contributed by atoms with van der Waals surface area (Å²) in [5, 5.41) is 2.95. The summed E-state index contributed by atoms with van der Waals surface area (Å²) in [4.78, 5) is 19.2. The van der Waals surface area contributed by atoms with Crippen molar-refractivity contribution in [2.75, 3.05) is 26.0 Å². The summed E-state index contributed by atoms with van der Waals surface area (Å²) in [6.45, 7) is 3.63. The van der Waals surface area contributed by atoms with Gasteiger partial charge in [0.15, 0.2) is 0 Å². The molecule has 0 aliphatic rings. The van der Waals surface area contributed by atoms with Crippen LogP contribution >= 0.6 is 0 Å². The van der Waals surface area contributed by atoms with Crippen LogP contribution in [0.4, 0.5) is 5.95 Å². The lowest BCUT2D eigenvalue weighted by Gasteiger charge is -2.13. The highest BCUT2D eigenvalue weighted by Crippen LogP contribution is 2.20. The van der Waals surface area contributed by atoms with Gasteiger partial charge < -0.3 is 9.47 Å². The molecule has 1 aromatic heterocycles. The Morgan fingerprint density at radius 1 is 1.12 bits per heavy atom. The highest BCUT2D eigenvalue weighted by atomic mass is 16.1. The van der Waals surface area contributed by atoms with Crippen LogP contribution in [0.1, 0.15) is 15.9 Å². The SMILES string of the molecule is Cc1ccc(C(=O)Nc2nc3ccccc3n2CCN(C)C)cc1. The Bertz CT molecular complexity index is 849. The minimum atomic E-state index is -0.142. The highest BCUT2D eigenvalue weighted by Gasteiger charge is 2.14. The van der Waals surface area contributed by atoms with Crippen molar-refractivity contribution in [2.24, 2.45) is 0 Å². The Balaban J connectivity index is 1.91. The van der Waals surface area contributed by atoms with E-state index in [2.05, 4.69) is 19.8 Å². The molecule has 3 rings (SSSR count). The van der Waals surface area contributed by atoms with Gasteiger partial charge in [-0.25, -0.2) is 4.98 Å². The van der Waals surface area contributed by atoms with Crippen molar-refractivity contribution in [1.82, 2.24) is 14.5 Å². The largest absolute Gasteiger partial charge is 0.309 e. The van der Waals surface area contributed by atoms with Gasteiger partial charge in [0, 0.05) is 18.7 Å². The molecule has 5 heteroatoms. The smallest absolute Gasteiger partial charge is 0.257 e. The molecule has 5 nitrogen and oxygen atoms in total. The van der Waals surface area contributed by atoms with E-state index in [1.54, 1.807) is 0 Å². The van der Waals surface area contributed by atoms with Gasteiger partial charge in [0.25, 0.3) is 5.91 Å². The monoisotopic (exact) mass is 322 g/mol. The van der Waals surface area contributed by atoms with E-state index >= 15 is 0 Å². The van der Waals surface area contributed by atoms with E-state index in [9.17, 15) is 4.79 Å². The van der Waals surface area contributed by atoms with Gasteiger partial charge in [-0.1, -0.05) is 29.8 Å². The van der Waals surface area contributed by atoms with Gasteiger partial charge in [0.1, 0.15) is 0 Å². The van der Waals surface area contributed by atoms with E-state index in [0.29, 0.717) is 11.5 Å². The number of benzene rings is 2. The number of aromatic nitrogens is 2. The zero-order valence-corrected chi connectivity index (χ0v) is 14.3. The summed E-state index contributed by atoms with van der Waals surface area (Å²) in [5.74, 6) is 0.444. The Morgan fingerprint density at radius 2 is 1.83 bits per heavy atom. The number of amides is 1. The minimum absolute atomic E-state index is 0.142. The highest BCUT2D eigenvalue weighted by molar-refractivity contribution is 6.04. The molecule has 0 saturated carbocycles. The molecular formula is C19H22N4O. The van der Waals surface area contributed by atoms with Crippen molar-refractivity contribution in [2.45, 2.75) is 13.5 Å². The van der Waals surface area contributed by atoms with Crippen LogP contribution in [-0.2, 0) is 6.54 Å². The molecule has 1 N–H and O–H groups in total. The number of carbonyl (C=O) groups is 1. The molecule has 1 amide bonds. The average Bonchev–Trinajstić information content (AvgIpc) is 2.90. The second-order valence-corrected chi connectivity index (χ2v) is 6.20. The predicted octanol–water partition coefficient (Wildman–Crippen LogP) is 3.16. The normalized spacial score (nSPS) is 11.2. The Morgan fingerprint density at radius 3 is 2.54 bits per heavy atom. The summed E-state index contributed by atoms with van der Waals surface area (Å²) in [7, 11) is 4.06. The summed E-state index contributed by atoms with van der Waals surface area (Å²) < 4.78 is 2.06. The Labute approximate surface area is 141 Å². The molecule has 0 aliphatic carbocycles. The molecule has 0 bridgehead atoms. The fourth-order valence-corrected chi connectivity index (χ4v) is 2.58. The predicted molar refractivity (Wildman–Crippen MR) is 97.4 cm³/mol. The maximum Gasteiger partial charge on any atom is 0.257 e. The molecule has 2 aromatic carbocycles. The molecule has 124 valence electrons. The quantitative estimate of drug-likeness (QED) is 0.785. The standard InChI is InChI=1S/C19H22N4O/c1-14-8-10-15(11-9-14)18(24)21-19-20-16-6-4-5-7-17(16)23(19)13-12-22(2)3/h4-11H,12-13H2,1-3H3,(H,20,21,24). The fraction of sp³-hybridized carbons (Fsp3) is 0.263. The maximum absolute atomic E-state index is 12.5. The van der Waals surface area contributed by atoms with Crippen molar-refractivity contribution in [1.29, 1.82) is 0 Å². The molecular weight excluding hydrogens is 300 g/mol. The van der Waals surface area contributed by atoms with Crippen molar-refractivity contribution < 1.29 is 4.79 Å². The lowest BCUT2D eigenvalue weighted by Crippen LogP contribution is -2.21. The molecule has 24 heavy (non-hydrogen) atoms. The van der Waals surface area contributed by atoms with Crippen LogP contribution < -0.4 is 5.32 Å². The first-order chi connectivity index (χ1) is 11.5. The van der Waals surface area contributed by atoms with Crippen LogP contribution in [0.3, 0.4) is 0 Å². The second-order valence-electron chi connectivity index (χ2n) is 6.20. The number of para-hydroxylation sites is 2. The summed E-state index contributed by atoms with van der Waals surface area (Å²) >= 11 is 0. The molecule has 0 spiro atoms. The number of aryl methyl sites for hydroxylation is 1. The Hall–Kier alpha value is -2.66.